The van der Waals surface area contributed by atoms with Crippen LogP contribution in [0.2, 0.25) is 0 Å². The molecule has 0 spiro atoms. The van der Waals surface area contributed by atoms with E-state index in [9.17, 15) is 38.4 Å². The van der Waals surface area contributed by atoms with Crippen molar-refractivity contribution < 1.29 is 85.7 Å². The largest absolute Gasteiger partial charge is 0.463 e. The number of hydrogen-bond acceptors (Lipinski definition) is 18. The molecule has 2 fully saturated rings. The summed E-state index contributed by atoms with van der Waals surface area (Å²) in [5, 5.41) is 2.48. The number of esters is 7. The van der Waals surface area contributed by atoms with E-state index in [1.54, 1.807) is 0 Å². The van der Waals surface area contributed by atoms with Crippen LogP contribution in [0.4, 0.5) is 0 Å². The fourth-order valence-corrected chi connectivity index (χ4v) is 4.84. The topological polar surface area (TPSA) is 241 Å². The van der Waals surface area contributed by atoms with Crippen LogP contribution in [0.1, 0.15) is 55.4 Å². The second kappa shape index (κ2) is 17.5. The smallest absolute Gasteiger partial charge is 0.305 e. The van der Waals surface area contributed by atoms with Gasteiger partial charge in [0, 0.05) is 55.4 Å². The average molecular weight is 678 g/mol. The summed E-state index contributed by atoms with van der Waals surface area (Å²) in [4.78, 5) is 96.5. The van der Waals surface area contributed by atoms with E-state index in [0.29, 0.717) is 0 Å². The number of carbonyl (C=O) groups excluding carboxylic acids is 8. The van der Waals surface area contributed by atoms with Crippen molar-refractivity contribution in [2.24, 2.45) is 0 Å². The molecule has 19 heteroatoms. The van der Waals surface area contributed by atoms with Crippen molar-refractivity contribution >= 4 is 47.7 Å². The molecule has 2 aliphatic rings. The Morgan fingerprint density at radius 1 is 0.468 bits per heavy atom. The molecule has 47 heavy (non-hydrogen) atoms. The first-order chi connectivity index (χ1) is 21.9. The zero-order valence-corrected chi connectivity index (χ0v) is 27.0. The van der Waals surface area contributed by atoms with E-state index < -0.39 is 122 Å². The van der Waals surface area contributed by atoms with Gasteiger partial charge >= 0.3 is 41.8 Å². The Morgan fingerprint density at radius 2 is 0.872 bits per heavy atom. The lowest BCUT2D eigenvalue weighted by atomic mass is 9.94. The van der Waals surface area contributed by atoms with Crippen molar-refractivity contribution in [3.8, 4) is 0 Å². The van der Waals surface area contributed by atoms with Crippen molar-refractivity contribution in [1.82, 2.24) is 5.32 Å². The van der Waals surface area contributed by atoms with Gasteiger partial charge < -0.3 is 52.7 Å². The molecule has 0 saturated carbocycles. The molecule has 0 bridgehead atoms. The second-order valence-corrected chi connectivity index (χ2v) is 10.4. The Kier molecular flexibility index (Phi) is 14.5. The third kappa shape index (κ3) is 12.1. The van der Waals surface area contributed by atoms with Crippen LogP contribution in [0.15, 0.2) is 0 Å². The molecule has 0 aromatic carbocycles. The normalized spacial score (nSPS) is 30.0. The number of ether oxygens (including phenoxy) is 10. The maximum Gasteiger partial charge on any atom is 0.305 e. The van der Waals surface area contributed by atoms with Crippen LogP contribution in [-0.2, 0) is 85.7 Å². The first kappa shape index (κ1) is 38.8. The van der Waals surface area contributed by atoms with E-state index in [2.05, 4.69) is 5.32 Å². The summed E-state index contributed by atoms with van der Waals surface area (Å²) in [6.07, 6.45) is -14.2. The molecule has 1 amide bonds. The summed E-state index contributed by atoms with van der Waals surface area (Å²) in [5.41, 5.74) is 0. The Balaban J connectivity index is 2.73. The summed E-state index contributed by atoms with van der Waals surface area (Å²) in [6, 6.07) is -1.43. The van der Waals surface area contributed by atoms with Crippen molar-refractivity contribution in [3.63, 3.8) is 0 Å². The van der Waals surface area contributed by atoms with Crippen molar-refractivity contribution in [2.45, 2.75) is 117 Å². The van der Waals surface area contributed by atoms with E-state index in [4.69, 9.17) is 47.4 Å². The van der Waals surface area contributed by atoms with Crippen molar-refractivity contribution in [2.75, 3.05) is 13.2 Å². The van der Waals surface area contributed by atoms with Crippen LogP contribution < -0.4 is 5.32 Å². The predicted octanol–water partition coefficient (Wildman–Crippen LogP) is -1.26. The number of hydrogen-bond donors (Lipinski definition) is 1. The number of carbonyl (C=O) groups is 8. The highest BCUT2D eigenvalue weighted by molar-refractivity contribution is 5.74. The lowest BCUT2D eigenvalue weighted by Gasteiger charge is -2.48. The van der Waals surface area contributed by atoms with Crippen LogP contribution in [0.3, 0.4) is 0 Å². The van der Waals surface area contributed by atoms with Gasteiger partial charge in [-0.1, -0.05) is 0 Å². The van der Waals surface area contributed by atoms with Gasteiger partial charge in [0.25, 0.3) is 0 Å². The van der Waals surface area contributed by atoms with Crippen molar-refractivity contribution in [3.05, 3.63) is 0 Å². The Labute approximate surface area is 269 Å². The molecule has 1 unspecified atom stereocenters. The van der Waals surface area contributed by atoms with Gasteiger partial charge in [-0.3, -0.25) is 38.4 Å². The molecule has 264 valence electrons. The van der Waals surface area contributed by atoms with Crippen LogP contribution >= 0.6 is 0 Å². The monoisotopic (exact) mass is 677 g/mol. The number of nitrogens with one attached hydrogen (secondary N) is 1. The number of rotatable bonds is 12. The highest BCUT2D eigenvalue weighted by atomic mass is 16.8. The molecular formula is C28H39NO18. The SMILES string of the molecule is CC(=O)N[C@H]1C(OC(C)=O)O[C@H](COC(C)=O)[C@@H](O[C@H]2O[C@H](COC(C)=O)[C@H](OC(C)=O)[C@@H](OC(C)=O)[C@@H]2OC(C)=O)[C@@H]1OC(C)=O. The van der Waals surface area contributed by atoms with Crippen molar-refractivity contribution in [1.29, 1.82) is 0 Å². The summed E-state index contributed by atoms with van der Waals surface area (Å²) in [6.45, 7) is 7.30. The molecule has 2 saturated heterocycles. The highest BCUT2D eigenvalue weighted by Crippen LogP contribution is 2.34. The van der Waals surface area contributed by atoms with E-state index in [-0.39, 0.29) is 0 Å². The maximum absolute atomic E-state index is 12.3. The lowest BCUT2D eigenvalue weighted by Crippen LogP contribution is -2.69. The molecule has 19 nitrogen and oxygen atoms in total. The minimum atomic E-state index is -1.80. The molecule has 2 rings (SSSR count). The zero-order valence-electron chi connectivity index (χ0n) is 27.0. The first-order valence-corrected chi connectivity index (χ1v) is 14.3. The van der Waals surface area contributed by atoms with Crippen LogP contribution in [0, 0.1) is 0 Å². The summed E-state index contributed by atoms with van der Waals surface area (Å²) in [7, 11) is 0. The van der Waals surface area contributed by atoms with Gasteiger partial charge in [-0.05, 0) is 0 Å². The predicted molar refractivity (Wildman–Crippen MR) is 147 cm³/mol. The van der Waals surface area contributed by atoms with E-state index in [1.165, 1.54) is 0 Å². The standard InChI is InChI=1S/C28H39NO18/c1-11(30)29-21-24(41-15(5)34)22(19(9-38-12(2)31)45-27(21)44-18(8)37)47-28-26(43-17(7)36)25(42-16(6)35)23(40-14(4)33)20(46-28)10-39-13(3)32/h19-28H,9-10H2,1-8H3,(H,29,30)/t19-,20-,21-,22-,23+,24-,25-,26+,27?,28-/m1/s1. The van der Waals surface area contributed by atoms with Gasteiger partial charge in [0.2, 0.25) is 12.2 Å². The quantitative estimate of drug-likeness (QED) is 0.187. The molecule has 10 atom stereocenters. The van der Waals surface area contributed by atoms with Crippen LogP contribution in [0.25, 0.3) is 0 Å². The third-order valence-corrected chi connectivity index (χ3v) is 6.29. The van der Waals surface area contributed by atoms with E-state index >= 15 is 0 Å². The lowest BCUT2D eigenvalue weighted by molar-refractivity contribution is -0.348. The Morgan fingerprint density at radius 3 is 1.32 bits per heavy atom. The van der Waals surface area contributed by atoms with E-state index in [1.807, 2.05) is 0 Å². The molecule has 0 aromatic rings. The molecule has 2 aliphatic heterocycles. The molecule has 0 aromatic heterocycles. The van der Waals surface area contributed by atoms with Crippen LogP contribution in [0.5, 0.6) is 0 Å². The molecule has 1 N–H and O–H groups in total. The minimum absolute atomic E-state index is 0.577. The maximum atomic E-state index is 12.3. The van der Waals surface area contributed by atoms with Crippen LogP contribution in [-0.4, -0.2) is 122 Å². The van der Waals surface area contributed by atoms with Gasteiger partial charge in [0.1, 0.15) is 37.6 Å². The van der Waals surface area contributed by atoms with Gasteiger partial charge in [-0.25, -0.2) is 0 Å². The summed E-state index contributed by atoms with van der Waals surface area (Å²) >= 11 is 0. The third-order valence-electron chi connectivity index (χ3n) is 6.29. The number of amides is 1. The second-order valence-electron chi connectivity index (χ2n) is 10.4. The molecular weight excluding hydrogens is 638 g/mol. The fraction of sp³-hybridized carbons (Fsp3) is 0.714. The highest BCUT2D eigenvalue weighted by Gasteiger charge is 2.57. The minimum Gasteiger partial charge on any atom is -0.463 e. The zero-order chi connectivity index (χ0) is 35.6. The Hall–Kier alpha value is -4.36. The molecule has 0 radical (unpaired) electrons. The Bertz CT molecular complexity index is 1200. The first-order valence-electron chi connectivity index (χ1n) is 14.3. The van der Waals surface area contributed by atoms with E-state index in [0.717, 1.165) is 55.4 Å². The summed E-state index contributed by atoms with van der Waals surface area (Å²) < 4.78 is 55.2. The fourth-order valence-electron chi connectivity index (χ4n) is 4.84. The van der Waals surface area contributed by atoms with Gasteiger partial charge in [-0.15, -0.1) is 0 Å². The van der Waals surface area contributed by atoms with Gasteiger partial charge in [0.15, 0.2) is 30.7 Å². The van der Waals surface area contributed by atoms with Gasteiger partial charge in [-0.2, -0.15) is 0 Å². The molecule has 0 aliphatic carbocycles. The summed E-state index contributed by atoms with van der Waals surface area (Å²) in [5.74, 6) is -6.64. The average Bonchev–Trinajstić information content (AvgIpc) is 2.91. The molecule has 2 heterocycles. The van der Waals surface area contributed by atoms with Gasteiger partial charge in [0.05, 0.1) is 0 Å².